The fourth-order valence-electron chi connectivity index (χ4n) is 0.416. The van der Waals surface area contributed by atoms with Gasteiger partial charge < -0.3 is 0 Å². The molecule has 0 aromatic carbocycles. The highest BCUT2D eigenvalue weighted by Crippen LogP contribution is 2.33. The lowest BCUT2D eigenvalue weighted by atomic mass is 10.5. The van der Waals surface area contributed by atoms with Crippen LogP contribution in [0.5, 0.6) is 0 Å². The molecule has 0 aromatic heterocycles. The molecule has 0 aliphatic carbocycles. The summed E-state index contributed by atoms with van der Waals surface area (Å²) < 4.78 is -0.892. The molecule has 9 heteroatoms. The molecule has 0 atom stereocenters. The lowest BCUT2D eigenvalue weighted by Crippen LogP contribution is -2.00. The predicted molar refractivity (Wildman–Crippen MR) is 57.7 cm³/mol. The van der Waals surface area contributed by atoms with Crippen molar-refractivity contribution < 1.29 is 4.92 Å². The van der Waals surface area contributed by atoms with E-state index in [-0.39, 0.29) is 0 Å². The fraction of sp³-hybridized carbons (Fsp3) is 0. The molecule has 0 radical (unpaired) electrons. The second kappa shape index (κ2) is 6.38. The lowest BCUT2D eigenvalue weighted by molar-refractivity contribution is -0.419. The van der Waals surface area contributed by atoms with E-state index < -0.39 is 24.5 Å². The normalized spacial score (nSPS) is 11.4. The summed E-state index contributed by atoms with van der Waals surface area (Å²) in [5.74, 6) is 0. The van der Waals surface area contributed by atoms with Crippen LogP contribution in [-0.4, -0.2) is 4.92 Å². The molecule has 0 aliphatic heterocycles. The van der Waals surface area contributed by atoms with Crippen molar-refractivity contribution in [3.8, 4) is 5.40 Å². The van der Waals surface area contributed by atoms with Gasteiger partial charge in [-0.15, -0.1) is 0 Å². The number of nitrogens with zero attached hydrogens (tertiary/aromatic N) is 2. The highest BCUT2D eigenvalue weighted by atomic mass is 35.5. The van der Waals surface area contributed by atoms with Gasteiger partial charge in [0.2, 0.25) is 0 Å². The molecule has 0 spiro atoms. The van der Waals surface area contributed by atoms with Crippen molar-refractivity contribution in [2.75, 3.05) is 0 Å². The van der Waals surface area contributed by atoms with Gasteiger partial charge in [0.15, 0.2) is 9.40 Å². The smallest absolute Gasteiger partial charge is 0.258 e. The Bertz CT molecular complexity index is 355. The Hall–Kier alpha value is -0.120. The second-order valence-electron chi connectivity index (χ2n) is 1.65. The first-order valence-corrected chi connectivity index (χ1v) is 5.05. The summed E-state index contributed by atoms with van der Waals surface area (Å²) in [6, 6.07) is 0. The van der Waals surface area contributed by atoms with Gasteiger partial charge >= 0.3 is 5.70 Å². The molecular weight excluding hydrogens is 294 g/mol. The number of halogens is 4. The van der Waals surface area contributed by atoms with Crippen LogP contribution in [0.25, 0.3) is 0 Å². The number of rotatable bonds is 3. The number of thiocyanates is 1. The highest BCUT2D eigenvalue weighted by molar-refractivity contribution is 8.08. The summed E-state index contributed by atoms with van der Waals surface area (Å²) in [6.07, 6.45) is 0. The summed E-state index contributed by atoms with van der Waals surface area (Å²) in [7, 11) is 0. The van der Waals surface area contributed by atoms with Crippen LogP contribution in [0.4, 0.5) is 0 Å². The molecule has 0 amide bonds. The van der Waals surface area contributed by atoms with Crippen molar-refractivity contribution in [1.82, 2.24) is 0 Å². The van der Waals surface area contributed by atoms with E-state index in [9.17, 15) is 10.1 Å². The molecule has 0 aromatic rings. The Labute approximate surface area is 103 Å². The number of allylic oxidation sites excluding steroid dienone is 1. The quantitative estimate of drug-likeness (QED) is 0.344. The molecule has 0 saturated heterocycles. The minimum Gasteiger partial charge on any atom is -0.258 e. The molecule has 0 rings (SSSR count). The van der Waals surface area contributed by atoms with E-state index in [1.807, 2.05) is 0 Å². The van der Waals surface area contributed by atoms with Crippen LogP contribution in [0.3, 0.4) is 0 Å². The number of nitro groups is 1. The zero-order chi connectivity index (χ0) is 11.3. The molecular formula is C5Cl4N2O2S. The van der Waals surface area contributed by atoms with Gasteiger partial charge in [0.05, 0.1) is 4.92 Å². The first-order chi connectivity index (χ1) is 6.41. The Morgan fingerprint density at radius 3 is 2.14 bits per heavy atom. The van der Waals surface area contributed by atoms with E-state index in [2.05, 4.69) is 0 Å². The third-order valence-corrected chi connectivity index (χ3v) is 2.69. The minimum absolute atomic E-state index is 0.386. The van der Waals surface area contributed by atoms with Crippen LogP contribution in [0.2, 0.25) is 0 Å². The van der Waals surface area contributed by atoms with Gasteiger partial charge in [0, 0.05) is 11.8 Å². The Balaban J connectivity index is 5.40. The lowest BCUT2D eigenvalue weighted by Gasteiger charge is -1.97. The SMILES string of the molecule is N#CS/C(Cl)=C(/C(Cl)=C(Cl)Cl)[N+](=O)[O-]. The monoisotopic (exact) mass is 292 g/mol. The van der Waals surface area contributed by atoms with Crippen LogP contribution < -0.4 is 0 Å². The molecule has 0 saturated carbocycles. The Morgan fingerprint density at radius 1 is 1.36 bits per heavy atom. The first-order valence-electron chi connectivity index (χ1n) is 2.73. The maximum absolute atomic E-state index is 10.5. The zero-order valence-electron chi connectivity index (χ0n) is 6.13. The van der Waals surface area contributed by atoms with Crippen molar-refractivity contribution in [1.29, 1.82) is 5.26 Å². The van der Waals surface area contributed by atoms with E-state index in [4.69, 9.17) is 51.7 Å². The van der Waals surface area contributed by atoms with Gasteiger partial charge in [-0.2, -0.15) is 5.26 Å². The number of nitriles is 1. The molecule has 0 heterocycles. The predicted octanol–water partition coefficient (Wildman–Crippen LogP) is 3.77. The molecule has 0 bridgehead atoms. The van der Waals surface area contributed by atoms with Gasteiger partial charge in [-0.1, -0.05) is 46.4 Å². The van der Waals surface area contributed by atoms with E-state index in [0.29, 0.717) is 11.8 Å². The van der Waals surface area contributed by atoms with E-state index >= 15 is 0 Å². The maximum Gasteiger partial charge on any atom is 0.316 e. The molecule has 0 N–H and O–H groups in total. The zero-order valence-corrected chi connectivity index (χ0v) is 9.97. The largest absolute Gasteiger partial charge is 0.316 e. The molecule has 0 unspecified atom stereocenters. The van der Waals surface area contributed by atoms with Crippen LogP contribution in [0, 0.1) is 20.8 Å². The van der Waals surface area contributed by atoms with E-state index in [0.717, 1.165) is 0 Å². The summed E-state index contributed by atoms with van der Waals surface area (Å²) in [4.78, 5) is 9.59. The summed E-state index contributed by atoms with van der Waals surface area (Å²) in [5, 5.41) is 19.7. The summed E-state index contributed by atoms with van der Waals surface area (Å²) in [6.45, 7) is 0. The van der Waals surface area contributed by atoms with Gasteiger partial charge in [-0.25, -0.2) is 0 Å². The average Bonchev–Trinajstić information content (AvgIpc) is 2.03. The second-order valence-corrected chi connectivity index (χ2v) is 4.37. The van der Waals surface area contributed by atoms with Gasteiger partial charge in [-0.05, 0) is 0 Å². The topological polar surface area (TPSA) is 66.9 Å². The Kier molecular flexibility index (Phi) is 6.33. The average molecular weight is 294 g/mol. The summed E-state index contributed by atoms with van der Waals surface area (Å²) >= 11 is 21.7. The van der Waals surface area contributed by atoms with E-state index in [1.165, 1.54) is 0 Å². The Morgan fingerprint density at radius 2 is 1.86 bits per heavy atom. The first kappa shape index (κ1) is 13.9. The molecule has 76 valence electrons. The standard InChI is InChI=1S/C5Cl4N2O2S/c6-2(4(7)8)3(11(12)13)5(9)14-1-10/b5-3-. The maximum atomic E-state index is 10.5. The van der Waals surface area contributed by atoms with Crippen molar-refractivity contribution in [3.05, 3.63) is 29.7 Å². The van der Waals surface area contributed by atoms with Crippen molar-refractivity contribution in [2.24, 2.45) is 0 Å². The highest BCUT2D eigenvalue weighted by Gasteiger charge is 2.24. The molecule has 14 heavy (non-hydrogen) atoms. The molecule has 4 nitrogen and oxygen atoms in total. The third kappa shape index (κ3) is 3.95. The van der Waals surface area contributed by atoms with Crippen LogP contribution in [0.15, 0.2) is 19.6 Å². The van der Waals surface area contributed by atoms with Gasteiger partial charge in [0.1, 0.15) is 9.89 Å². The van der Waals surface area contributed by atoms with Crippen molar-refractivity contribution in [3.63, 3.8) is 0 Å². The third-order valence-electron chi connectivity index (χ3n) is 0.878. The van der Waals surface area contributed by atoms with Gasteiger partial charge in [-0.3, -0.25) is 10.1 Å². The van der Waals surface area contributed by atoms with E-state index in [1.54, 1.807) is 5.40 Å². The van der Waals surface area contributed by atoms with Crippen LogP contribution in [0.1, 0.15) is 0 Å². The number of thioether (sulfide) groups is 1. The number of hydrogen-bond donors (Lipinski definition) is 0. The van der Waals surface area contributed by atoms with Crippen molar-refractivity contribution in [2.45, 2.75) is 0 Å². The number of hydrogen-bond acceptors (Lipinski definition) is 4. The minimum atomic E-state index is -0.875. The molecule has 0 fully saturated rings. The molecule has 0 aliphatic rings. The fourth-order valence-corrected chi connectivity index (χ4v) is 1.48. The van der Waals surface area contributed by atoms with Gasteiger partial charge in [0.25, 0.3) is 0 Å². The van der Waals surface area contributed by atoms with Crippen molar-refractivity contribution >= 4 is 58.2 Å². The summed E-state index contributed by atoms with van der Waals surface area (Å²) in [5.41, 5.74) is -0.695. The van der Waals surface area contributed by atoms with Crippen LogP contribution in [-0.2, 0) is 0 Å². The van der Waals surface area contributed by atoms with Crippen LogP contribution >= 0.6 is 58.2 Å².